The molecule has 9 nitrogen and oxygen atoms in total. The minimum absolute atomic E-state index is 0.128. The van der Waals surface area contributed by atoms with Gasteiger partial charge in [0.2, 0.25) is 0 Å². The minimum Gasteiger partial charge on any atom is -0.361 e. The van der Waals surface area contributed by atoms with Crippen molar-refractivity contribution in [2.45, 2.75) is 27.7 Å². The van der Waals surface area contributed by atoms with Gasteiger partial charge in [-0.15, -0.1) is 0 Å². The van der Waals surface area contributed by atoms with Crippen LogP contribution in [-0.2, 0) is 10.1 Å². The maximum absolute atomic E-state index is 11.1. The van der Waals surface area contributed by atoms with Gasteiger partial charge in [0.25, 0.3) is 15.8 Å². The van der Waals surface area contributed by atoms with Crippen molar-refractivity contribution in [1.29, 1.82) is 0 Å². The number of anilines is 2. The molecule has 0 aromatic heterocycles. The van der Waals surface area contributed by atoms with Crippen molar-refractivity contribution in [3.05, 3.63) is 92.4 Å². The molecule has 0 fully saturated rings. The second kappa shape index (κ2) is 10.8. The summed E-state index contributed by atoms with van der Waals surface area (Å²) in [6, 6.07) is 16.5. The Balaban J connectivity index is 0.000000238. The second-order valence-electron chi connectivity index (χ2n) is 7.38. The normalized spacial score (nSPS) is 15.7. The summed E-state index contributed by atoms with van der Waals surface area (Å²) in [5.41, 5.74) is 11.5. The molecule has 0 saturated carbocycles. The van der Waals surface area contributed by atoms with Crippen LogP contribution in [0.3, 0.4) is 0 Å². The van der Waals surface area contributed by atoms with E-state index < -0.39 is 10.1 Å². The van der Waals surface area contributed by atoms with E-state index >= 15 is 0 Å². The van der Waals surface area contributed by atoms with Crippen LogP contribution < -0.4 is 4.90 Å². The van der Waals surface area contributed by atoms with Gasteiger partial charge in [0.1, 0.15) is 10.6 Å². The maximum atomic E-state index is 11.1. The molecule has 0 heterocycles. The molecule has 2 aromatic carbocycles. The van der Waals surface area contributed by atoms with Crippen molar-refractivity contribution in [2.75, 3.05) is 11.4 Å². The molecule has 1 aliphatic carbocycles. The van der Waals surface area contributed by atoms with Crippen molar-refractivity contribution < 1.29 is 22.7 Å². The predicted octanol–water partition coefficient (Wildman–Crippen LogP) is 5.17. The standard InChI is InChI=1S/C14H14N2O2.C9H12N2O3S/c1-2-15(12-8-4-3-5-9-12)13-10-6-7-11-14(13)16(17)18;1-5-4-6(2)9(15(12,13)14)7(3)8(5)11-10/h3-11H,2H2,1H3;4-5H,1-3H3,(H,12,13,14). The fourth-order valence-corrected chi connectivity index (χ4v) is 4.76. The van der Waals surface area contributed by atoms with E-state index in [9.17, 15) is 18.5 Å². The Bertz CT molecular complexity index is 1250. The van der Waals surface area contributed by atoms with Crippen LogP contribution in [0.25, 0.3) is 5.53 Å². The summed E-state index contributed by atoms with van der Waals surface area (Å²) in [5.74, 6) is -0.166. The Kier molecular flexibility index (Phi) is 8.42. The highest BCUT2D eigenvalue weighted by Gasteiger charge is 2.32. The summed E-state index contributed by atoms with van der Waals surface area (Å²) in [4.78, 5) is 15.5. The van der Waals surface area contributed by atoms with Gasteiger partial charge in [-0.2, -0.15) is 13.2 Å². The maximum Gasteiger partial charge on any atom is 0.302 e. The molecular formula is C23H26N4O5S. The average molecular weight is 471 g/mol. The summed E-state index contributed by atoms with van der Waals surface area (Å²) in [7, 11) is -4.27. The molecule has 0 bridgehead atoms. The van der Waals surface area contributed by atoms with Gasteiger partial charge in [-0.3, -0.25) is 14.7 Å². The lowest BCUT2D eigenvalue weighted by Gasteiger charge is -2.22. The van der Waals surface area contributed by atoms with Gasteiger partial charge in [-0.25, -0.2) is 0 Å². The van der Waals surface area contributed by atoms with E-state index in [1.54, 1.807) is 32.1 Å². The third-order valence-corrected chi connectivity index (χ3v) is 6.28. The van der Waals surface area contributed by atoms with Crippen LogP contribution >= 0.6 is 0 Å². The van der Waals surface area contributed by atoms with Gasteiger partial charge in [-0.1, -0.05) is 36.4 Å². The minimum atomic E-state index is -4.27. The number of hydrogen-bond donors (Lipinski definition) is 1. The number of allylic oxidation sites excluding steroid dienone is 3. The third-order valence-electron chi connectivity index (χ3n) is 5.13. The van der Waals surface area contributed by atoms with Crippen LogP contribution in [-0.4, -0.2) is 34.9 Å². The molecule has 0 spiro atoms. The van der Waals surface area contributed by atoms with E-state index in [1.165, 1.54) is 13.0 Å². The highest BCUT2D eigenvalue weighted by Crippen LogP contribution is 2.33. The zero-order valence-electron chi connectivity index (χ0n) is 18.8. The fourth-order valence-electron chi connectivity index (χ4n) is 3.79. The molecule has 1 atom stereocenters. The van der Waals surface area contributed by atoms with E-state index in [0.717, 1.165) is 5.69 Å². The summed E-state index contributed by atoms with van der Waals surface area (Å²) < 4.78 is 31.2. The average Bonchev–Trinajstić information content (AvgIpc) is 2.74. The molecule has 3 rings (SSSR count). The number of hydrogen-bond acceptors (Lipinski definition) is 5. The highest BCUT2D eigenvalue weighted by atomic mass is 32.2. The third kappa shape index (κ3) is 6.01. The number of benzene rings is 2. The summed E-state index contributed by atoms with van der Waals surface area (Å²) >= 11 is 0. The van der Waals surface area contributed by atoms with Crippen LogP contribution in [0.5, 0.6) is 0 Å². The second-order valence-corrected chi connectivity index (χ2v) is 8.74. The number of nitrogens with zero attached hydrogens (tertiary/aromatic N) is 4. The molecule has 0 aliphatic heterocycles. The lowest BCUT2D eigenvalue weighted by molar-refractivity contribution is -0.384. The number of rotatable bonds is 5. The lowest BCUT2D eigenvalue weighted by Crippen LogP contribution is -2.21. The molecule has 1 unspecified atom stereocenters. The van der Waals surface area contributed by atoms with Crippen molar-refractivity contribution in [1.82, 2.24) is 0 Å². The monoisotopic (exact) mass is 470 g/mol. The van der Waals surface area contributed by atoms with E-state index in [4.69, 9.17) is 10.1 Å². The first-order valence-electron chi connectivity index (χ1n) is 10.2. The number of para-hydroxylation sites is 3. The van der Waals surface area contributed by atoms with Crippen LogP contribution in [0.4, 0.5) is 17.1 Å². The Morgan fingerprint density at radius 3 is 2.21 bits per heavy atom. The molecule has 2 aromatic rings. The molecule has 1 N–H and O–H groups in total. The van der Waals surface area contributed by atoms with E-state index in [2.05, 4.69) is 4.79 Å². The summed E-state index contributed by atoms with van der Waals surface area (Å²) in [6.45, 7) is 7.53. The van der Waals surface area contributed by atoms with Crippen molar-refractivity contribution in [3.8, 4) is 0 Å². The smallest absolute Gasteiger partial charge is 0.302 e. The molecule has 10 heteroatoms. The highest BCUT2D eigenvalue weighted by molar-refractivity contribution is 7.90. The Hall–Kier alpha value is -3.59. The van der Waals surface area contributed by atoms with Crippen LogP contribution in [0, 0.1) is 16.0 Å². The molecule has 33 heavy (non-hydrogen) atoms. The number of nitro benzene ring substituents is 1. The summed E-state index contributed by atoms with van der Waals surface area (Å²) in [6.07, 6.45) is 1.63. The Labute approximate surface area is 193 Å². The first kappa shape index (κ1) is 25.7. The molecule has 0 radical (unpaired) electrons. The predicted molar refractivity (Wildman–Crippen MR) is 128 cm³/mol. The largest absolute Gasteiger partial charge is 0.361 e. The lowest BCUT2D eigenvalue weighted by atomic mass is 9.91. The Morgan fingerprint density at radius 1 is 1.12 bits per heavy atom. The Morgan fingerprint density at radius 2 is 1.70 bits per heavy atom. The van der Waals surface area contributed by atoms with Crippen LogP contribution in [0.2, 0.25) is 0 Å². The van der Waals surface area contributed by atoms with Gasteiger partial charge in [0, 0.05) is 18.3 Å². The van der Waals surface area contributed by atoms with Crippen molar-refractivity contribution in [3.63, 3.8) is 0 Å². The molecular weight excluding hydrogens is 444 g/mol. The van der Waals surface area contributed by atoms with Crippen LogP contribution in [0.1, 0.15) is 27.7 Å². The quantitative estimate of drug-likeness (QED) is 0.210. The molecule has 0 saturated heterocycles. The number of nitro groups is 1. The first-order valence-corrected chi connectivity index (χ1v) is 11.6. The molecule has 174 valence electrons. The zero-order chi connectivity index (χ0) is 24.8. The first-order chi connectivity index (χ1) is 15.5. The van der Waals surface area contributed by atoms with Gasteiger partial charge >= 0.3 is 5.71 Å². The van der Waals surface area contributed by atoms with Gasteiger partial charge in [0.15, 0.2) is 0 Å². The van der Waals surface area contributed by atoms with Gasteiger partial charge < -0.3 is 10.4 Å². The van der Waals surface area contributed by atoms with Gasteiger partial charge in [0.05, 0.1) is 16.4 Å². The zero-order valence-corrected chi connectivity index (χ0v) is 19.7. The fraction of sp³-hybridized carbons (Fsp3) is 0.261. The molecule has 0 amide bonds. The van der Waals surface area contributed by atoms with Crippen LogP contribution in [0.15, 0.2) is 76.7 Å². The van der Waals surface area contributed by atoms with Crippen molar-refractivity contribution >= 4 is 32.9 Å². The topological polar surface area (TPSA) is 137 Å². The van der Waals surface area contributed by atoms with E-state index in [-0.39, 0.29) is 32.7 Å². The van der Waals surface area contributed by atoms with E-state index in [0.29, 0.717) is 17.8 Å². The van der Waals surface area contributed by atoms with Gasteiger partial charge in [-0.05, 0) is 51.5 Å². The SMILES string of the molecule is CC1=CC(C)C(=[N+]=[N-])C(C)=C1S(=O)(=O)O.CCN(c1ccccc1)c1ccccc1[N+](=O)[O-]. The van der Waals surface area contributed by atoms with Crippen molar-refractivity contribution in [2.24, 2.45) is 5.92 Å². The molecule has 1 aliphatic rings. The van der Waals surface area contributed by atoms with E-state index in [1.807, 2.05) is 48.2 Å². The summed E-state index contributed by atoms with van der Waals surface area (Å²) in [5, 5.41) is 11.1.